The van der Waals surface area contributed by atoms with Gasteiger partial charge >= 0.3 is 0 Å². The molecule has 0 bridgehead atoms. The Morgan fingerprint density at radius 2 is 0.862 bits per heavy atom. The first-order valence-electron chi connectivity index (χ1n) is 19.6. The van der Waals surface area contributed by atoms with Gasteiger partial charge in [0.25, 0.3) is 0 Å². The van der Waals surface area contributed by atoms with Crippen molar-refractivity contribution in [3.63, 3.8) is 0 Å². The van der Waals surface area contributed by atoms with Crippen LogP contribution in [0.25, 0.3) is 56.1 Å². The Balaban J connectivity index is 1.11. The highest BCUT2D eigenvalue weighted by atomic mass is 16.3. The van der Waals surface area contributed by atoms with Gasteiger partial charge in [-0.05, 0) is 71.6 Å². The summed E-state index contributed by atoms with van der Waals surface area (Å²) in [6.07, 6.45) is 0. The van der Waals surface area contributed by atoms with E-state index in [1.54, 1.807) is 0 Å². The molecule has 0 radical (unpaired) electrons. The summed E-state index contributed by atoms with van der Waals surface area (Å²) in [4.78, 5) is 17.3. The monoisotopic (exact) mass is 744 g/mol. The first-order valence-corrected chi connectivity index (χ1v) is 19.6. The van der Waals surface area contributed by atoms with Crippen LogP contribution in [0.4, 0.5) is 17.1 Å². The molecule has 0 saturated heterocycles. The molecule has 1 aliphatic heterocycles. The van der Waals surface area contributed by atoms with E-state index in [-0.39, 0.29) is 0 Å². The van der Waals surface area contributed by atoms with Crippen molar-refractivity contribution in [1.82, 2.24) is 15.0 Å². The smallest absolute Gasteiger partial charge is 0.164 e. The van der Waals surface area contributed by atoms with E-state index in [9.17, 15) is 0 Å². The van der Waals surface area contributed by atoms with Crippen molar-refractivity contribution < 1.29 is 4.42 Å². The first-order chi connectivity index (χ1) is 28.7. The molecule has 0 atom stereocenters. The Morgan fingerprint density at radius 1 is 0.397 bits per heavy atom. The molecule has 5 nitrogen and oxygen atoms in total. The van der Waals surface area contributed by atoms with Crippen molar-refractivity contribution in [1.29, 1.82) is 0 Å². The molecule has 5 heteroatoms. The summed E-state index contributed by atoms with van der Waals surface area (Å²) in [5.41, 5.74) is 13.0. The van der Waals surface area contributed by atoms with Gasteiger partial charge in [0.15, 0.2) is 17.5 Å². The molecule has 0 amide bonds. The lowest BCUT2D eigenvalue weighted by Crippen LogP contribution is -2.38. The molecule has 10 aromatic rings. The van der Waals surface area contributed by atoms with Gasteiger partial charge in [0.2, 0.25) is 0 Å². The first kappa shape index (κ1) is 33.7. The molecule has 11 rings (SSSR count). The molecule has 1 aliphatic rings. The van der Waals surface area contributed by atoms with Gasteiger partial charge in [0.1, 0.15) is 11.2 Å². The summed E-state index contributed by atoms with van der Waals surface area (Å²) in [5, 5.41) is 2.22. The maximum absolute atomic E-state index is 6.86. The largest absolute Gasteiger partial charge is 0.456 e. The molecule has 8 aromatic carbocycles. The molecule has 3 heterocycles. The lowest BCUT2D eigenvalue weighted by atomic mass is 9.61. The van der Waals surface area contributed by atoms with Crippen molar-refractivity contribution in [3.05, 3.63) is 228 Å². The number of anilines is 3. The van der Waals surface area contributed by atoms with Crippen molar-refractivity contribution in [2.45, 2.75) is 12.3 Å². The molecule has 2 aromatic heterocycles. The zero-order valence-electron chi connectivity index (χ0n) is 31.7. The third-order valence-corrected chi connectivity index (χ3v) is 11.5. The summed E-state index contributed by atoms with van der Waals surface area (Å²) in [7, 11) is 0. The third kappa shape index (κ3) is 5.21. The quantitative estimate of drug-likeness (QED) is 0.170. The second-order valence-electron chi connectivity index (χ2n) is 14.8. The van der Waals surface area contributed by atoms with E-state index in [1.807, 2.05) is 66.7 Å². The Morgan fingerprint density at radius 3 is 1.47 bits per heavy atom. The van der Waals surface area contributed by atoms with E-state index in [0.717, 1.165) is 61.3 Å². The molecule has 0 unspecified atom stereocenters. The standard InChI is InChI=1S/C53H36N4O/c1-35-17-8-10-24-42(35)53(45-27-16-23-41-40-22-9-15-30-48(40)58-49(41)45)43-25-11-13-28-46(43)57(47-29-14-12-26-44(47)53)39-33-31-38(32-34-39)52-55-50(36-18-4-2-5-19-36)54-51(56-52)37-20-6-3-7-21-37/h2-34H,1H3. The molecule has 0 aliphatic carbocycles. The molecule has 274 valence electrons. The summed E-state index contributed by atoms with van der Waals surface area (Å²) < 4.78 is 6.86. The highest BCUT2D eigenvalue weighted by Gasteiger charge is 2.48. The van der Waals surface area contributed by atoms with Crippen LogP contribution in [0, 0.1) is 6.92 Å². The summed E-state index contributed by atoms with van der Waals surface area (Å²) in [6, 6.07) is 70.2. The predicted octanol–water partition coefficient (Wildman–Crippen LogP) is 13.2. The molecular weight excluding hydrogens is 709 g/mol. The van der Waals surface area contributed by atoms with Crippen LogP contribution < -0.4 is 4.90 Å². The fraction of sp³-hybridized carbons (Fsp3) is 0.0377. The van der Waals surface area contributed by atoms with Gasteiger partial charge in [-0.3, -0.25) is 0 Å². The Hall–Kier alpha value is -7.63. The number of para-hydroxylation sites is 4. The predicted molar refractivity (Wildman–Crippen MR) is 235 cm³/mol. The highest BCUT2D eigenvalue weighted by molar-refractivity contribution is 6.07. The second kappa shape index (κ2) is 13.5. The number of hydrogen-bond donors (Lipinski definition) is 0. The van der Waals surface area contributed by atoms with Crippen LogP contribution in [0.1, 0.15) is 27.8 Å². The van der Waals surface area contributed by atoms with Gasteiger partial charge in [-0.25, -0.2) is 15.0 Å². The lowest BCUT2D eigenvalue weighted by Gasteiger charge is -2.46. The van der Waals surface area contributed by atoms with Crippen LogP contribution in [0.3, 0.4) is 0 Å². The minimum absolute atomic E-state index is 0.621. The summed E-state index contributed by atoms with van der Waals surface area (Å²) >= 11 is 0. The Bertz CT molecular complexity index is 3030. The number of aromatic nitrogens is 3. The maximum Gasteiger partial charge on any atom is 0.164 e. The van der Waals surface area contributed by atoms with E-state index in [2.05, 4.69) is 145 Å². The van der Waals surface area contributed by atoms with Gasteiger partial charge in [-0.15, -0.1) is 0 Å². The molecule has 0 N–H and O–H groups in total. The molecule has 58 heavy (non-hydrogen) atoms. The number of aryl methyl sites for hydroxylation is 1. The van der Waals surface area contributed by atoms with E-state index < -0.39 is 5.41 Å². The molecular formula is C53H36N4O. The van der Waals surface area contributed by atoms with Crippen molar-refractivity contribution in [2.24, 2.45) is 0 Å². The fourth-order valence-electron chi connectivity index (χ4n) is 8.98. The average molecular weight is 745 g/mol. The van der Waals surface area contributed by atoms with Crippen LogP contribution >= 0.6 is 0 Å². The van der Waals surface area contributed by atoms with Crippen LogP contribution in [0.15, 0.2) is 205 Å². The van der Waals surface area contributed by atoms with Crippen LogP contribution in [-0.4, -0.2) is 15.0 Å². The van der Waals surface area contributed by atoms with Crippen LogP contribution in [0.5, 0.6) is 0 Å². The lowest BCUT2D eigenvalue weighted by molar-refractivity contribution is 0.642. The van der Waals surface area contributed by atoms with Gasteiger partial charge in [-0.1, -0.05) is 158 Å². The average Bonchev–Trinajstić information content (AvgIpc) is 3.68. The SMILES string of the molecule is Cc1ccccc1C1(c2cccc3c2oc2ccccc23)c2ccccc2N(c2ccc(-c3nc(-c4ccccc4)nc(-c4ccccc4)n3)cc2)c2ccccc21. The van der Waals surface area contributed by atoms with E-state index in [0.29, 0.717) is 17.5 Å². The highest BCUT2D eigenvalue weighted by Crippen LogP contribution is 2.59. The van der Waals surface area contributed by atoms with Gasteiger partial charge < -0.3 is 9.32 Å². The topological polar surface area (TPSA) is 55.1 Å². The van der Waals surface area contributed by atoms with Gasteiger partial charge in [0.05, 0.1) is 16.8 Å². The number of nitrogens with zero attached hydrogens (tertiary/aromatic N) is 4. The number of benzene rings is 8. The Kier molecular flexibility index (Phi) is 7.86. The summed E-state index contributed by atoms with van der Waals surface area (Å²) in [5.74, 6) is 1.90. The fourth-order valence-corrected chi connectivity index (χ4v) is 8.98. The maximum atomic E-state index is 6.86. The third-order valence-electron chi connectivity index (χ3n) is 11.5. The van der Waals surface area contributed by atoms with E-state index in [4.69, 9.17) is 19.4 Å². The van der Waals surface area contributed by atoms with Crippen molar-refractivity contribution >= 4 is 39.0 Å². The zero-order valence-corrected chi connectivity index (χ0v) is 31.7. The molecule has 0 spiro atoms. The number of rotatable bonds is 6. The number of hydrogen-bond acceptors (Lipinski definition) is 5. The second-order valence-corrected chi connectivity index (χ2v) is 14.8. The van der Waals surface area contributed by atoms with E-state index in [1.165, 1.54) is 22.3 Å². The van der Waals surface area contributed by atoms with Gasteiger partial charge in [-0.2, -0.15) is 0 Å². The van der Waals surface area contributed by atoms with Crippen molar-refractivity contribution in [2.75, 3.05) is 4.90 Å². The molecule has 0 saturated carbocycles. The number of furan rings is 1. The zero-order chi connectivity index (χ0) is 38.6. The van der Waals surface area contributed by atoms with E-state index >= 15 is 0 Å². The van der Waals surface area contributed by atoms with Crippen LogP contribution in [-0.2, 0) is 5.41 Å². The van der Waals surface area contributed by atoms with Crippen LogP contribution in [0.2, 0.25) is 0 Å². The number of fused-ring (bicyclic) bond motifs is 5. The molecule has 0 fully saturated rings. The normalized spacial score (nSPS) is 13.0. The summed E-state index contributed by atoms with van der Waals surface area (Å²) in [6.45, 7) is 2.22. The minimum Gasteiger partial charge on any atom is -0.456 e. The van der Waals surface area contributed by atoms with Gasteiger partial charge in [0, 0.05) is 38.7 Å². The Labute approximate surface area is 336 Å². The minimum atomic E-state index is -0.699. The van der Waals surface area contributed by atoms with Crippen molar-refractivity contribution in [3.8, 4) is 34.2 Å².